The number of aliphatic imine (C=N–C) groups is 1. The summed E-state index contributed by atoms with van der Waals surface area (Å²) >= 11 is 0. The summed E-state index contributed by atoms with van der Waals surface area (Å²) in [6, 6.07) is 14.5. The normalized spacial score (nSPS) is 14.3. The maximum Gasteiger partial charge on any atom is 0.191 e. The Bertz CT molecular complexity index is 872. The molecule has 0 radical (unpaired) electrons. The third-order valence-electron chi connectivity index (χ3n) is 5.54. The second kappa shape index (κ2) is 15.0. The molecule has 1 saturated heterocycles. The lowest BCUT2D eigenvalue weighted by Crippen LogP contribution is -2.38. The molecular formula is C25H37IN4O3. The summed E-state index contributed by atoms with van der Waals surface area (Å²) in [5, 5.41) is 6.75. The summed E-state index contributed by atoms with van der Waals surface area (Å²) in [6.45, 7) is 8.73. The van der Waals surface area contributed by atoms with Crippen LogP contribution in [0, 0.1) is 6.92 Å². The first-order chi connectivity index (χ1) is 15.7. The number of hydrogen-bond donors (Lipinski definition) is 2. The molecule has 0 atom stereocenters. The molecule has 0 unspecified atom stereocenters. The summed E-state index contributed by atoms with van der Waals surface area (Å²) in [4.78, 5) is 6.70. The van der Waals surface area contributed by atoms with E-state index in [0.29, 0.717) is 13.2 Å². The molecule has 0 aliphatic carbocycles. The molecule has 8 heteroatoms. The van der Waals surface area contributed by atoms with E-state index >= 15 is 0 Å². The van der Waals surface area contributed by atoms with E-state index in [9.17, 15) is 0 Å². The minimum Gasteiger partial charge on any atom is -0.496 e. The summed E-state index contributed by atoms with van der Waals surface area (Å²) in [7, 11) is 3.50. The third-order valence-corrected chi connectivity index (χ3v) is 5.54. The summed E-state index contributed by atoms with van der Waals surface area (Å²) < 4.78 is 16.8. The number of ether oxygens (including phenoxy) is 3. The van der Waals surface area contributed by atoms with Gasteiger partial charge in [-0.1, -0.05) is 24.3 Å². The highest BCUT2D eigenvalue weighted by Gasteiger charge is 2.10. The van der Waals surface area contributed by atoms with Crippen LogP contribution in [-0.2, 0) is 17.7 Å². The molecular weight excluding hydrogens is 531 g/mol. The van der Waals surface area contributed by atoms with Crippen LogP contribution in [-0.4, -0.2) is 71.0 Å². The van der Waals surface area contributed by atoms with Gasteiger partial charge in [0.1, 0.15) is 18.1 Å². The van der Waals surface area contributed by atoms with Crippen LogP contribution in [0.5, 0.6) is 11.5 Å². The Labute approximate surface area is 214 Å². The Morgan fingerprint density at radius 1 is 1.09 bits per heavy atom. The van der Waals surface area contributed by atoms with Crippen molar-refractivity contribution in [3.05, 3.63) is 59.2 Å². The van der Waals surface area contributed by atoms with Gasteiger partial charge in [0.2, 0.25) is 0 Å². The molecule has 1 aliphatic heterocycles. The zero-order valence-corrected chi connectivity index (χ0v) is 22.3. The lowest BCUT2D eigenvalue weighted by Gasteiger charge is -2.26. The number of guanidine groups is 1. The molecule has 2 N–H and O–H groups in total. The van der Waals surface area contributed by atoms with Crippen molar-refractivity contribution in [2.75, 3.05) is 60.2 Å². The number of hydrogen-bond acceptors (Lipinski definition) is 5. The van der Waals surface area contributed by atoms with E-state index in [-0.39, 0.29) is 24.0 Å². The highest BCUT2D eigenvalue weighted by Crippen LogP contribution is 2.19. The minimum absolute atomic E-state index is 0. The van der Waals surface area contributed by atoms with Crippen molar-refractivity contribution in [1.29, 1.82) is 0 Å². The Morgan fingerprint density at radius 3 is 2.67 bits per heavy atom. The maximum atomic E-state index is 5.96. The van der Waals surface area contributed by atoms with Crippen LogP contribution < -0.4 is 20.1 Å². The first-order valence-corrected chi connectivity index (χ1v) is 11.3. The Balaban J connectivity index is 0.00000385. The van der Waals surface area contributed by atoms with Gasteiger partial charge < -0.3 is 24.8 Å². The van der Waals surface area contributed by atoms with E-state index in [2.05, 4.69) is 57.8 Å². The van der Waals surface area contributed by atoms with Gasteiger partial charge in [-0.2, -0.15) is 0 Å². The summed E-state index contributed by atoms with van der Waals surface area (Å²) in [5.41, 5.74) is 3.53. The van der Waals surface area contributed by atoms with Crippen molar-refractivity contribution in [2.45, 2.75) is 19.9 Å². The minimum atomic E-state index is 0. The van der Waals surface area contributed by atoms with Crippen LogP contribution in [0.25, 0.3) is 0 Å². The number of methoxy groups -OCH3 is 1. The van der Waals surface area contributed by atoms with Crippen LogP contribution in [0.4, 0.5) is 0 Å². The highest BCUT2D eigenvalue weighted by molar-refractivity contribution is 14.0. The molecule has 3 rings (SSSR count). The van der Waals surface area contributed by atoms with Gasteiger partial charge in [-0.05, 0) is 48.2 Å². The number of nitrogens with zero attached hydrogens (tertiary/aromatic N) is 2. The van der Waals surface area contributed by atoms with Crippen LogP contribution in [0.3, 0.4) is 0 Å². The number of aryl methyl sites for hydroxylation is 1. The van der Waals surface area contributed by atoms with Gasteiger partial charge in [0.15, 0.2) is 5.96 Å². The molecule has 0 aromatic heterocycles. The van der Waals surface area contributed by atoms with E-state index in [0.717, 1.165) is 74.4 Å². The fourth-order valence-electron chi connectivity index (χ4n) is 3.61. The van der Waals surface area contributed by atoms with Gasteiger partial charge in [0.05, 0.1) is 20.3 Å². The zero-order valence-electron chi connectivity index (χ0n) is 19.9. The molecule has 182 valence electrons. The van der Waals surface area contributed by atoms with Crippen molar-refractivity contribution >= 4 is 29.9 Å². The average molecular weight is 569 g/mol. The fourth-order valence-corrected chi connectivity index (χ4v) is 3.61. The van der Waals surface area contributed by atoms with Crippen molar-refractivity contribution in [1.82, 2.24) is 15.5 Å². The van der Waals surface area contributed by atoms with Crippen molar-refractivity contribution < 1.29 is 14.2 Å². The third kappa shape index (κ3) is 9.38. The van der Waals surface area contributed by atoms with Crippen molar-refractivity contribution in [3.8, 4) is 11.5 Å². The van der Waals surface area contributed by atoms with Gasteiger partial charge in [0, 0.05) is 39.8 Å². The zero-order chi connectivity index (χ0) is 22.6. The average Bonchev–Trinajstić information content (AvgIpc) is 2.83. The van der Waals surface area contributed by atoms with Crippen LogP contribution in [0.1, 0.15) is 16.7 Å². The van der Waals surface area contributed by atoms with Crippen LogP contribution in [0.2, 0.25) is 0 Å². The van der Waals surface area contributed by atoms with E-state index in [1.807, 2.05) is 12.1 Å². The molecule has 2 aromatic rings. The monoisotopic (exact) mass is 568 g/mol. The Morgan fingerprint density at radius 2 is 1.91 bits per heavy atom. The topological polar surface area (TPSA) is 67.4 Å². The number of benzene rings is 2. The molecule has 1 fully saturated rings. The molecule has 0 bridgehead atoms. The standard InChI is InChI=1S/C25H36N4O3.HI/c1-20-7-8-21(18-24(20)30-3)9-10-27-25(26-2)28-19-22-5-4-6-23(17-22)32-16-13-29-11-14-31-15-12-29;/h4-8,17-18H,9-16,19H2,1-3H3,(H2,26,27,28);1H. The van der Waals surface area contributed by atoms with Gasteiger partial charge >= 0.3 is 0 Å². The molecule has 7 nitrogen and oxygen atoms in total. The van der Waals surface area contributed by atoms with Gasteiger partial charge in [-0.3, -0.25) is 9.89 Å². The quantitative estimate of drug-likeness (QED) is 0.261. The summed E-state index contributed by atoms with van der Waals surface area (Å²) in [5.74, 6) is 2.61. The smallest absolute Gasteiger partial charge is 0.191 e. The number of nitrogens with one attached hydrogen (secondary N) is 2. The Kier molecular flexibility index (Phi) is 12.3. The molecule has 1 heterocycles. The van der Waals surface area contributed by atoms with E-state index in [1.165, 1.54) is 5.56 Å². The first-order valence-electron chi connectivity index (χ1n) is 11.3. The molecule has 33 heavy (non-hydrogen) atoms. The van der Waals surface area contributed by atoms with E-state index in [4.69, 9.17) is 14.2 Å². The Hall–Kier alpha value is -2.04. The van der Waals surface area contributed by atoms with E-state index in [1.54, 1.807) is 14.2 Å². The molecule has 2 aromatic carbocycles. The van der Waals surface area contributed by atoms with Gasteiger partial charge in [0.25, 0.3) is 0 Å². The number of halogens is 1. The largest absolute Gasteiger partial charge is 0.496 e. The molecule has 0 amide bonds. The second-order valence-electron chi connectivity index (χ2n) is 7.86. The van der Waals surface area contributed by atoms with Crippen molar-refractivity contribution in [2.24, 2.45) is 4.99 Å². The molecule has 0 spiro atoms. The van der Waals surface area contributed by atoms with Crippen LogP contribution >= 0.6 is 24.0 Å². The van der Waals surface area contributed by atoms with E-state index < -0.39 is 0 Å². The first kappa shape index (κ1) is 27.2. The molecule has 1 aliphatic rings. The number of morpholine rings is 1. The predicted octanol–water partition coefficient (Wildman–Crippen LogP) is 3.24. The summed E-state index contributed by atoms with van der Waals surface area (Å²) in [6.07, 6.45) is 0.893. The predicted molar refractivity (Wildman–Crippen MR) is 144 cm³/mol. The maximum absolute atomic E-state index is 5.96. The van der Waals surface area contributed by atoms with Crippen LogP contribution in [0.15, 0.2) is 47.5 Å². The molecule has 0 saturated carbocycles. The van der Waals surface area contributed by atoms with Gasteiger partial charge in [-0.25, -0.2) is 0 Å². The highest BCUT2D eigenvalue weighted by atomic mass is 127. The SMILES string of the molecule is CN=C(NCCc1ccc(C)c(OC)c1)NCc1cccc(OCCN2CCOCC2)c1.I. The fraction of sp³-hybridized carbons (Fsp3) is 0.480. The number of rotatable bonds is 10. The second-order valence-corrected chi connectivity index (χ2v) is 7.86. The van der Waals surface area contributed by atoms with Gasteiger partial charge in [-0.15, -0.1) is 24.0 Å². The lowest BCUT2D eigenvalue weighted by atomic mass is 10.1. The van der Waals surface area contributed by atoms with Crippen molar-refractivity contribution in [3.63, 3.8) is 0 Å². The lowest BCUT2D eigenvalue weighted by molar-refractivity contribution is 0.0322.